The van der Waals surface area contributed by atoms with Gasteiger partial charge in [0.15, 0.2) is 0 Å². The fourth-order valence-electron chi connectivity index (χ4n) is 4.72. The SMILES string of the molecule is COc1ccc(Cl)cc1C(=O)N1CCN(C2c3ccccc3-c3ccccc32)CC1. The highest BCUT2D eigenvalue weighted by Crippen LogP contribution is 2.46. The number of amides is 1. The van der Waals surface area contributed by atoms with Crippen molar-refractivity contribution in [3.63, 3.8) is 0 Å². The van der Waals surface area contributed by atoms with Gasteiger partial charge in [0.05, 0.1) is 18.7 Å². The summed E-state index contributed by atoms with van der Waals surface area (Å²) in [5.41, 5.74) is 5.88. The molecule has 1 saturated heterocycles. The molecule has 0 saturated carbocycles. The predicted octanol–water partition coefficient (Wildman–Crippen LogP) is 4.88. The monoisotopic (exact) mass is 418 g/mol. The Morgan fingerprint density at radius 1 is 0.900 bits per heavy atom. The van der Waals surface area contributed by atoms with E-state index in [1.165, 1.54) is 22.3 Å². The van der Waals surface area contributed by atoms with E-state index in [-0.39, 0.29) is 11.9 Å². The van der Waals surface area contributed by atoms with Crippen molar-refractivity contribution >= 4 is 17.5 Å². The molecule has 2 aliphatic rings. The van der Waals surface area contributed by atoms with Gasteiger partial charge in [0.2, 0.25) is 0 Å². The van der Waals surface area contributed by atoms with E-state index in [9.17, 15) is 4.79 Å². The molecular formula is C25H23ClN2O2. The molecule has 1 amide bonds. The van der Waals surface area contributed by atoms with E-state index in [1.54, 1.807) is 25.3 Å². The van der Waals surface area contributed by atoms with E-state index in [0.717, 1.165) is 13.1 Å². The molecule has 0 unspecified atom stereocenters. The Kier molecular flexibility index (Phi) is 4.97. The average Bonchev–Trinajstić information content (AvgIpc) is 3.13. The Labute approximate surface area is 181 Å². The summed E-state index contributed by atoms with van der Waals surface area (Å²) in [6.45, 7) is 2.99. The molecule has 0 radical (unpaired) electrons. The zero-order valence-electron chi connectivity index (χ0n) is 16.8. The van der Waals surface area contributed by atoms with Gasteiger partial charge < -0.3 is 9.64 Å². The topological polar surface area (TPSA) is 32.8 Å². The second-order valence-electron chi connectivity index (χ2n) is 7.75. The molecule has 152 valence electrons. The molecule has 0 atom stereocenters. The fraction of sp³-hybridized carbons (Fsp3) is 0.240. The van der Waals surface area contributed by atoms with E-state index in [1.807, 2.05) is 4.90 Å². The van der Waals surface area contributed by atoms with Crippen molar-refractivity contribution in [2.24, 2.45) is 0 Å². The first-order valence-electron chi connectivity index (χ1n) is 10.2. The van der Waals surface area contributed by atoms with Crippen molar-refractivity contribution in [2.45, 2.75) is 6.04 Å². The molecule has 0 N–H and O–H groups in total. The number of rotatable bonds is 3. The summed E-state index contributed by atoms with van der Waals surface area (Å²) in [6.07, 6.45) is 0. The quantitative estimate of drug-likeness (QED) is 0.608. The molecule has 0 bridgehead atoms. The van der Waals surface area contributed by atoms with Crippen molar-refractivity contribution in [3.05, 3.63) is 88.4 Å². The molecule has 1 aliphatic carbocycles. The van der Waals surface area contributed by atoms with Gasteiger partial charge in [-0.25, -0.2) is 0 Å². The number of fused-ring (bicyclic) bond motifs is 3. The molecule has 0 aromatic heterocycles. The number of piperazine rings is 1. The van der Waals surface area contributed by atoms with E-state index in [4.69, 9.17) is 16.3 Å². The van der Waals surface area contributed by atoms with Crippen LogP contribution >= 0.6 is 11.6 Å². The first kappa shape index (κ1) is 19.2. The molecule has 3 aromatic carbocycles. The van der Waals surface area contributed by atoms with Crippen LogP contribution in [0, 0.1) is 0 Å². The van der Waals surface area contributed by atoms with Crippen LogP contribution in [-0.4, -0.2) is 49.0 Å². The van der Waals surface area contributed by atoms with Crippen molar-refractivity contribution in [1.82, 2.24) is 9.80 Å². The van der Waals surface area contributed by atoms with Crippen LogP contribution < -0.4 is 4.74 Å². The van der Waals surface area contributed by atoms with Gasteiger partial charge in [-0.3, -0.25) is 9.69 Å². The summed E-state index contributed by atoms with van der Waals surface area (Å²) in [6, 6.07) is 22.7. The van der Waals surface area contributed by atoms with Gasteiger partial charge in [0, 0.05) is 31.2 Å². The number of carbonyl (C=O) groups excluding carboxylic acids is 1. The van der Waals surface area contributed by atoms with Crippen LogP contribution in [0.2, 0.25) is 5.02 Å². The van der Waals surface area contributed by atoms with Gasteiger partial charge in [-0.05, 0) is 40.5 Å². The predicted molar refractivity (Wildman–Crippen MR) is 119 cm³/mol. The number of hydrogen-bond donors (Lipinski definition) is 0. The lowest BCUT2D eigenvalue weighted by atomic mass is 10.0. The van der Waals surface area contributed by atoms with Gasteiger partial charge in [-0.2, -0.15) is 0 Å². The lowest BCUT2D eigenvalue weighted by molar-refractivity contribution is 0.0597. The summed E-state index contributed by atoms with van der Waals surface area (Å²) in [5, 5.41) is 0.539. The first-order valence-corrected chi connectivity index (χ1v) is 10.6. The highest BCUT2D eigenvalue weighted by atomic mass is 35.5. The summed E-state index contributed by atoms with van der Waals surface area (Å²) in [5.74, 6) is 0.534. The van der Waals surface area contributed by atoms with Gasteiger partial charge >= 0.3 is 0 Å². The number of hydrogen-bond acceptors (Lipinski definition) is 3. The number of benzene rings is 3. The Balaban J connectivity index is 1.37. The normalized spacial score (nSPS) is 16.3. The smallest absolute Gasteiger partial charge is 0.257 e. The number of halogens is 1. The van der Waals surface area contributed by atoms with Crippen LogP contribution in [-0.2, 0) is 0 Å². The molecule has 1 aliphatic heterocycles. The molecule has 1 heterocycles. The lowest BCUT2D eigenvalue weighted by Gasteiger charge is -2.38. The van der Waals surface area contributed by atoms with E-state index in [0.29, 0.717) is 29.4 Å². The highest BCUT2D eigenvalue weighted by molar-refractivity contribution is 6.31. The third-order valence-electron chi connectivity index (χ3n) is 6.16. The minimum Gasteiger partial charge on any atom is -0.496 e. The zero-order chi connectivity index (χ0) is 20.7. The van der Waals surface area contributed by atoms with Crippen LogP contribution in [0.1, 0.15) is 27.5 Å². The maximum absolute atomic E-state index is 13.1. The minimum atomic E-state index is -0.0266. The van der Waals surface area contributed by atoms with Crippen LogP contribution in [0.15, 0.2) is 66.7 Å². The zero-order valence-corrected chi connectivity index (χ0v) is 17.6. The molecule has 3 aromatic rings. The van der Waals surface area contributed by atoms with Crippen LogP contribution in [0.25, 0.3) is 11.1 Å². The third kappa shape index (κ3) is 3.17. The van der Waals surface area contributed by atoms with E-state index >= 15 is 0 Å². The first-order chi connectivity index (χ1) is 14.7. The Hall–Kier alpha value is -2.82. The van der Waals surface area contributed by atoms with Crippen molar-refractivity contribution in [2.75, 3.05) is 33.3 Å². The van der Waals surface area contributed by atoms with Gasteiger partial charge in [0.25, 0.3) is 5.91 Å². The molecule has 30 heavy (non-hydrogen) atoms. The maximum atomic E-state index is 13.1. The summed E-state index contributed by atoms with van der Waals surface area (Å²) in [7, 11) is 1.58. The standard InChI is InChI=1S/C25H23ClN2O2/c1-30-23-11-10-17(26)16-22(23)25(29)28-14-12-27(13-15-28)24-20-8-4-2-6-18(20)19-7-3-5-9-21(19)24/h2-11,16,24H,12-15H2,1H3. The number of ether oxygens (including phenoxy) is 1. The van der Waals surface area contributed by atoms with E-state index < -0.39 is 0 Å². The van der Waals surface area contributed by atoms with Crippen LogP contribution in [0.4, 0.5) is 0 Å². The second kappa shape index (κ2) is 7.78. The van der Waals surface area contributed by atoms with Gasteiger partial charge in [0.1, 0.15) is 5.75 Å². The molecule has 5 heteroatoms. The molecule has 0 spiro atoms. The Morgan fingerprint density at radius 3 is 2.10 bits per heavy atom. The number of nitrogens with zero attached hydrogens (tertiary/aromatic N) is 2. The average molecular weight is 419 g/mol. The van der Waals surface area contributed by atoms with E-state index in [2.05, 4.69) is 53.4 Å². The van der Waals surface area contributed by atoms with Crippen molar-refractivity contribution < 1.29 is 9.53 Å². The number of methoxy groups -OCH3 is 1. The summed E-state index contributed by atoms with van der Waals surface area (Å²) >= 11 is 6.13. The fourth-order valence-corrected chi connectivity index (χ4v) is 4.90. The largest absolute Gasteiger partial charge is 0.496 e. The van der Waals surface area contributed by atoms with Crippen LogP contribution in [0.5, 0.6) is 5.75 Å². The highest BCUT2D eigenvalue weighted by Gasteiger charge is 2.35. The van der Waals surface area contributed by atoms with Crippen LogP contribution in [0.3, 0.4) is 0 Å². The Morgan fingerprint density at radius 2 is 1.50 bits per heavy atom. The Bertz CT molecular complexity index is 1060. The summed E-state index contributed by atoms with van der Waals surface area (Å²) < 4.78 is 5.38. The molecule has 5 rings (SSSR count). The number of carbonyl (C=O) groups is 1. The van der Waals surface area contributed by atoms with Crippen molar-refractivity contribution in [3.8, 4) is 16.9 Å². The third-order valence-corrected chi connectivity index (χ3v) is 6.39. The van der Waals surface area contributed by atoms with Gasteiger partial charge in [-0.1, -0.05) is 60.1 Å². The second-order valence-corrected chi connectivity index (χ2v) is 8.19. The molecule has 4 nitrogen and oxygen atoms in total. The molecular weight excluding hydrogens is 396 g/mol. The molecule has 1 fully saturated rings. The van der Waals surface area contributed by atoms with Gasteiger partial charge in [-0.15, -0.1) is 0 Å². The van der Waals surface area contributed by atoms with Crippen molar-refractivity contribution in [1.29, 1.82) is 0 Å². The summed E-state index contributed by atoms with van der Waals surface area (Å²) in [4.78, 5) is 17.5. The maximum Gasteiger partial charge on any atom is 0.257 e. The minimum absolute atomic E-state index is 0.0266. The lowest BCUT2D eigenvalue weighted by Crippen LogP contribution is -2.49.